The molecule has 0 aromatic heterocycles. The third kappa shape index (κ3) is 3.88. The van der Waals surface area contributed by atoms with Gasteiger partial charge in [0.15, 0.2) is 6.10 Å². The van der Waals surface area contributed by atoms with Crippen LogP contribution in [0.2, 0.25) is 0 Å². The van der Waals surface area contributed by atoms with Gasteiger partial charge >= 0.3 is 11.9 Å². The van der Waals surface area contributed by atoms with Crippen molar-refractivity contribution >= 4 is 22.0 Å². The smallest absolute Gasteiger partial charge is 0.336 e. The topological polar surface area (TPSA) is 130 Å². The summed E-state index contributed by atoms with van der Waals surface area (Å²) in [5, 5.41) is 17.2. The number of sulfonamides is 1. The van der Waals surface area contributed by atoms with Gasteiger partial charge in [0, 0.05) is 6.54 Å². The third-order valence-electron chi connectivity index (χ3n) is 3.12. The van der Waals surface area contributed by atoms with Crippen LogP contribution >= 0.6 is 0 Å². The Kier molecular flexibility index (Phi) is 5.27. The van der Waals surface area contributed by atoms with Crippen LogP contribution in [0.1, 0.15) is 19.3 Å². The van der Waals surface area contributed by atoms with E-state index in [-0.39, 0.29) is 6.42 Å². The lowest BCUT2D eigenvalue weighted by Gasteiger charge is -2.18. The van der Waals surface area contributed by atoms with Gasteiger partial charge in [-0.15, -0.1) is 0 Å². The molecule has 1 aliphatic carbocycles. The first kappa shape index (κ1) is 15.9. The van der Waals surface area contributed by atoms with Gasteiger partial charge in [0.05, 0.1) is 18.3 Å². The molecule has 3 atom stereocenters. The number of hydrogen-bond acceptors (Lipinski definition) is 6. The zero-order valence-corrected chi connectivity index (χ0v) is 11.2. The lowest BCUT2D eigenvalue weighted by Crippen LogP contribution is -2.43. The SMILES string of the molecule is COC(=O)C(O)CNS(=O)(=O)C1CCCC1C(=O)O. The van der Waals surface area contributed by atoms with Gasteiger partial charge in [-0.25, -0.2) is 17.9 Å². The molecule has 8 nitrogen and oxygen atoms in total. The quantitative estimate of drug-likeness (QED) is 0.519. The molecule has 1 saturated carbocycles. The normalized spacial score (nSPS) is 24.9. The molecule has 0 radical (unpaired) electrons. The number of esters is 1. The average Bonchev–Trinajstić information content (AvgIpc) is 2.85. The zero-order chi connectivity index (χ0) is 14.6. The van der Waals surface area contributed by atoms with E-state index >= 15 is 0 Å². The molecule has 0 aromatic carbocycles. The fraction of sp³-hybridized carbons (Fsp3) is 0.800. The van der Waals surface area contributed by atoms with Crippen LogP contribution in [0.3, 0.4) is 0 Å². The molecule has 0 amide bonds. The van der Waals surface area contributed by atoms with E-state index in [0.29, 0.717) is 12.8 Å². The Morgan fingerprint density at radius 1 is 1.42 bits per heavy atom. The second kappa shape index (κ2) is 6.31. The van der Waals surface area contributed by atoms with Gasteiger partial charge in [-0.3, -0.25) is 4.79 Å². The highest BCUT2D eigenvalue weighted by molar-refractivity contribution is 7.90. The second-order valence-corrected chi connectivity index (χ2v) is 6.33. The highest BCUT2D eigenvalue weighted by Crippen LogP contribution is 2.30. The molecule has 19 heavy (non-hydrogen) atoms. The van der Waals surface area contributed by atoms with Crippen LogP contribution < -0.4 is 4.72 Å². The van der Waals surface area contributed by atoms with Gasteiger partial charge in [0.25, 0.3) is 0 Å². The van der Waals surface area contributed by atoms with Gasteiger partial charge in [0.1, 0.15) is 0 Å². The number of ether oxygens (including phenoxy) is 1. The van der Waals surface area contributed by atoms with Crippen LogP contribution in [0.4, 0.5) is 0 Å². The summed E-state index contributed by atoms with van der Waals surface area (Å²) in [7, 11) is -2.82. The largest absolute Gasteiger partial charge is 0.481 e. The third-order valence-corrected chi connectivity index (χ3v) is 5.05. The zero-order valence-electron chi connectivity index (χ0n) is 10.4. The van der Waals surface area contributed by atoms with Crippen molar-refractivity contribution in [3.63, 3.8) is 0 Å². The summed E-state index contributed by atoms with van der Waals surface area (Å²) in [6, 6.07) is 0. The fourth-order valence-corrected chi connectivity index (χ4v) is 3.87. The maximum atomic E-state index is 11.9. The fourth-order valence-electron chi connectivity index (χ4n) is 2.10. The Hall–Kier alpha value is -1.19. The van der Waals surface area contributed by atoms with Gasteiger partial charge < -0.3 is 14.9 Å². The Bertz CT molecular complexity index is 447. The summed E-state index contributed by atoms with van der Waals surface area (Å²) in [6.07, 6.45) is -0.534. The number of carbonyl (C=O) groups is 2. The summed E-state index contributed by atoms with van der Waals surface area (Å²) in [4.78, 5) is 21.9. The molecule has 0 spiro atoms. The summed E-state index contributed by atoms with van der Waals surface area (Å²) < 4.78 is 30.2. The molecule has 1 aliphatic rings. The van der Waals surface area contributed by atoms with Crippen molar-refractivity contribution < 1.29 is 33.0 Å². The molecular weight excluding hydrogens is 278 g/mol. The van der Waals surface area contributed by atoms with Gasteiger partial charge in [-0.2, -0.15) is 0 Å². The van der Waals surface area contributed by atoms with E-state index in [0.717, 1.165) is 7.11 Å². The average molecular weight is 295 g/mol. The van der Waals surface area contributed by atoms with E-state index < -0.39 is 45.8 Å². The second-order valence-electron chi connectivity index (χ2n) is 4.35. The molecule has 110 valence electrons. The molecule has 3 unspecified atom stereocenters. The van der Waals surface area contributed by atoms with Crippen molar-refractivity contribution in [2.75, 3.05) is 13.7 Å². The van der Waals surface area contributed by atoms with Crippen LogP contribution in [0.15, 0.2) is 0 Å². The Morgan fingerprint density at radius 2 is 2.05 bits per heavy atom. The monoisotopic (exact) mass is 295 g/mol. The van der Waals surface area contributed by atoms with E-state index in [1.54, 1.807) is 0 Å². The summed E-state index contributed by atoms with van der Waals surface area (Å²) in [6.45, 7) is -0.530. The van der Waals surface area contributed by atoms with Gasteiger partial charge in [-0.1, -0.05) is 6.42 Å². The van der Waals surface area contributed by atoms with Crippen molar-refractivity contribution in [3.8, 4) is 0 Å². The Balaban J connectivity index is 2.66. The predicted molar refractivity (Wildman–Crippen MR) is 63.7 cm³/mol. The number of hydrogen-bond donors (Lipinski definition) is 3. The molecule has 9 heteroatoms. The van der Waals surface area contributed by atoms with Gasteiger partial charge in [0.2, 0.25) is 10.0 Å². The minimum Gasteiger partial charge on any atom is -0.481 e. The molecule has 1 rings (SSSR count). The molecule has 0 aromatic rings. The summed E-state index contributed by atoms with van der Waals surface area (Å²) in [5.74, 6) is -3.06. The van der Waals surface area contributed by atoms with Crippen molar-refractivity contribution in [3.05, 3.63) is 0 Å². The first-order chi connectivity index (χ1) is 8.79. The van der Waals surface area contributed by atoms with Crippen molar-refractivity contribution in [1.82, 2.24) is 4.72 Å². The van der Waals surface area contributed by atoms with E-state index in [1.165, 1.54) is 0 Å². The number of aliphatic carboxylic acids is 1. The summed E-state index contributed by atoms with van der Waals surface area (Å²) >= 11 is 0. The highest BCUT2D eigenvalue weighted by atomic mass is 32.2. The van der Waals surface area contributed by atoms with Crippen molar-refractivity contribution in [2.45, 2.75) is 30.6 Å². The molecule has 1 fully saturated rings. The number of aliphatic hydroxyl groups is 1. The van der Waals surface area contributed by atoms with E-state index in [2.05, 4.69) is 9.46 Å². The minimum atomic E-state index is -3.89. The Labute approximate surface area is 110 Å². The maximum absolute atomic E-state index is 11.9. The molecule has 3 N–H and O–H groups in total. The first-order valence-corrected chi connectivity index (χ1v) is 7.31. The molecule has 0 saturated heterocycles. The number of carboxylic acids is 1. The van der Waals surface area contributed by atoms with Crippen LogP contribution in [0.25, 0.3) is 0 Å². The molecule has 0 aliphatic heterocycles. The lowest BCUT2D eigenvalue weighted by atomic mass is 10.1. The number of methoxy groups -OCH3 is 1. The highest BCUT2D eigenvalue weighted by Gasteiger charge is 2.41. The van der Waals surface area contributed by atoms with E-state index in [9.17, 15) is 23.1 Å². The minimum absolute atomic E-state index is 0.251. The molecule has 0 bridgehead atoms. The first-order valence-electron chi connectivity index (χ1n) is 5.76. The molecule has 0 heterocycles. The Morgan fingerprint density at radius 3 is 2.58 bits per heavy atom. The number of nitrogens with one attached hydrogen (secondary N) is 1. The number of carboxylic acid groups (broad SMARTS) is 1. The van der Waals surface area contributed by atoms with Crippen LogP contribution in [-0.2, 0) is 24.3 Å². The van der Waals surface area contributed by atoms with Crippen LogP contribution in [0, 0.1) is 5.92 Å². The standard InChI is InChI=1S/C10H17NO7S/c1-18-10(15)7(12)5-11-19(16,17)8-4-2-3-6(8)9(13)14/h6-8,11-12H,2-5H2,1H3,(H,13,14). The van der Waals surface area contributed by atoms with Crippen molar-refractivity contribution in [1.29, 1.82) is 0 Å². The van der Waals surface area contributed by atoms with Gasteiger partial charge in [-0.05, 0) is 12.8 Å². The number of aliphatic hydroxyl groups excluding tert-OH is 1. The predicted octanol–water partition coefficient (Wildman–Crippen LogP) is -1.31. The van der Waals surface area contributed by atoms with Crippen LogP contribution in [0.5, 0.6) is 0 Å². The lowest BCUT2D eigenvalue weighted by molar-refractivity contribution is -0.149. The van der Waals surface area contributed by atoms with E-state index in [4.69, 9.17) is 5.11 Å². The van der Waals surface area contributed by atoms with Crippen LogP contribution in [-0.4, -0.2) is 55.6 Å². The maximum Gasteiger partial charge on any atom is 0.336 e. The van der Waals surface area contributed by atoms with E-state index in [1.807, 2.05) is 0 Å². The number of carbonyl (C=O) groups excluding carboxylic acids is 1. The molecular formula is C10H17NO7S. The number of rotatable bonds is 6. The summed E-state index contributed by atoms with van der Waals surface area (Å²) in [5.41, 5.74) is 0. The van der Waals surface area contributed by atoms with Crippen molar-refractivity contribution in [2.24, 2.45) is 5.92 Å².